The van der Waals surface area contributed by atoms with E-state index >= 15 is 0 Å². The molecule has 0 aliphatic carbocycles. The molecule has 1 heterocycles. The van der Waals surface area contributed by atoms with Crippen LogP contribution in [0.5, 0.6) is 0 Å². The summed E-state index contributed by atoms with van der Waals surface area (Å²) < 4.78 is 28.3. The number of benzene rings is 2. The smallest absolute Gasteiger partial charge is 0.255 e. The normalized spacial score (nSPS) is 14.5. The molecule has 0 radical (unpaired) electrons. The second-order valence-electron chi connectivity index (χ2n) is 6.13. The molecule has 2 aromatic carbocycles. The van der Waals surface area contributed by atoms with E-state index < -0.39 is 11.6 Å². The molecule has 0 atom stereocenters. The Morgan fingerprint density at radius 2 is 1.69 bits per heavy atom. The van der Waals surface area contributed by atoms with Crippen LogP contribution in [-0.2, 0) is 0 Å². The lowest BCUT2D eigenvalue weighted by Crippen LogP contribution is -2.49. The summed E-state index contributed by atoms with van der Waals surface area (Å²) in [6, 6.07) is 8.42. The van der Waals surface area contributed by atoms with E-state index in [2.05, 4.69) is 15.9 Å². The van der Waals surface area contributed by atoms with E-state index in [1.54, 1.807) is 17.0 Å². The molecule has 0 unspecified atom stereocenters. The molecule has 0 saturated carbocycles. The minimum atomic E-state index is -0.470. The van der Waals surface area contributed by atoms with Crippen LogP contribution in [0.15, 0.2) is 40.9 Å². The molecule has 7 heteroatoms. The number of Topliss-reactive ketones (excluding diaryl/α,β-unsaturated/α-hetero) is 1. The number of carbonyl (C=O) groups excluding carboxylic acids is 2. The first kappa shape index (κ1) is 18.5. The Morgan fingerprint density at radius 1 is 1.00 bits per heavy atom. The summed E-state index contributed by atoms with van der Waals surface area (Å²) in [7, 11) is 0. The topological polar surface area (TPSA) is 40.6 Å². The molecule has 0 aromatic heterocycles. The predicted octanol–water partition coefficient (Wildman–Crippen LogP) is 3.89. The fourth-order valence-electron chi connectivity index (χ4n) is 2.96. The molecule has 3 rings (SSSR count). The summed E-state index contributed by atoms with van der Waals surface area (Å²) in [6.07, 6.45) is 0. The van der Waals surface area contributed by atoms with Gasteiger partial charge in [-0.1, -0.05) is 0 Å². The molecule has 1 aliphatic rings. The molecule has 0 N–H and O–H groups in total. The highest BCUT2D eigenvalue weighted by atomic mass is 79.9. The van der Waals surface area contributed by atoms with E-state index in [9.17, 15) is 18.4 Å². The second kappa shape index (κ2) is 7.53. The highest BCUT2D eigenvalue weighted by molar-refractivity contribution is 9.10. The van der Waals surface area contributed by atoms with Crippen molar-refractivity contribution in [1.82, 2.24) is 4.90 Å². The molecule has 1 aliphatic heterocycles. The van der Waals surface area contributed by atoms with Gasteiger partial charge in [-0.2, -0.15) is 0 Å². The van der Waals surface area contributed by atoms with Gasteiger partial charge in [0.1, 0.15) is 11.6 Å². The molecule has 1 fully saturated rings. The van der Waals surface area contributed by atoms with Crippen LogP contribution in [0.4, 0.5) is 14.5 Å². The van der Waals surface area contributed by atoms with Gasteiger partial charge >= 0.3 is 0 Å². The number of piperazine rings is 1. The molecule has 0 bridgehead atoms. The van der Waals surface area contributed by atoms with Crippen molar-refractivity contribution in [1.29, 1.82) is 0 Å². The van der Waals surface area contributed by atoms with Crippen molar-refractivity contribution in [3.05, 3.63) is 63.6 Å². The molecule has 26 heavy (non-hydrogen) atoms. The van der Waals surface area contributed by atoms with Gasteiger partial charge in [-0.15, -0.1) is 0 Å². The average molecular weight is 423 g/mol. The average Bonchev–Trinajstić information content (AvgIpc) is 2.63. The maximum Gasteiger partial charge on any atom is 0.255 e. The zero-order valence-corrected chi connectivity index (χ0v) is 15.7. The number of amides is 1. The van der Waals surface area contributed by atoms with Crippen LogP contribution in [-0.4, -0.2) is 42.8 Å². The third-order valence-electron chi connectivity index (χ3n) is 4.42. The summed E-state index contributed by atoms with van der Waals surface area (Å²) >= 11 is 3.27. The van der Waals surface area contributed by atoms with Gasteiger partial charge in [0.2, 0.25) is 0 Å². The van der Waals surface area contributed by atoms with Crippen molar-refractivity contribution in [3.8, 4) is 0 Å². The van der Waals surface area contributed by atoms with Crippen LogP contribution in [0.3, 0.4) is 0 Å². The Hall–Kier alpha value is -2.28. The van der Waals surface area contributed by atoms with Crippen molar-refractivity contribution in [3.63, 3.8) is 0 Å². The minimum absolute atomic E-state index is 0.188. The van der Waals surface area contributed by atoms with Crippen LogP contribution < -0.4 is 4.90 Å². The monoisotopic (exact) mass is 422 g/mol. The third kappa shape index (κ3) is 3.77. The number of hydrogen-bond acceptors (Lipinski definition) is 3. The van der Waals surface area contributed by atoms with Crippen LogP contribution in [0.1, 0.15) is 27.6 Å². The van der Waals surface area contributed by atoms with Crippen LogP contribution in [0.2, 0.25) is 0 Å². The van der Waals surface area contributed by atoms with E-state index in [4.69, 9.17) is 0 Å². The summed E-state index contributed by atoms with van der Waals surface area (Å²) in [6.45, 7) is 3.10. The highest BCUT2D eigenvalue weighted by Crippen LogP contribution is 2.24. The zero-order valence-electron chi connectivity index (χ0n) is 14.1. The Labute approximate surface area is 158 Å². The first-order valence-corrected chi connectivity index (χ1v) is 8.96. The fourth-order valence-corrected chi connectivity index (χ4v) is 3.38. The Balaban J connectivity index is 1.70. The third-order valence-corrected chi connectivity index (χ3v) is 5.11. The van der Waals surface area contributed by atoms with Crippen molar-refractivity contribution in [2.45, 2.75) is 6.92 Å². The standard InChI is InChI=1S/C19H17BrF2N2O2/c1-12(25)13-2-5-18(17(22)10-13)23-6-8-24(9-7-23)19(26)15-11-14(21)3-4-16(15)20/h2-5,10-11H,6-9H2,1H3. The lowest BCUT2D eigenvalue weighted by Gasteiger charge is -2.36. The summed E-state index contributed by atoms with van der Waals surface area (Å²) in [4.78, 5) is 27.4. The SMILES string of the molecule is CC(=O)c1ccc(N2CCN(C(=O)c3cc(F)ccc3Br)CC2)c(F)c1. The van der Waals surface area contributed by atoms with E-state index in [0.717, 1.165) is 0 Å². The molecule has 1 saturated heterocycles. The zero-order chi connectivity index (χ0) is 18.8. The molecular weight excluding hydrogens is 406 g/mol. The van der Waals surface area contributed by atoms with Gasteiger partial charge in [-0.3, -0.25) is 9.59 Å². The molecule has 4 nitrogen and oxygen atoms in total. The molecule has 0 spiro atoms. The number of rotatable bonds is 3. The van der Waals surface area contributed by atoms with Crippen molar-refractivity contribution < 1.29 is 18.4 Å². The molecular formula is C19H17BrF2N2O2. The van der Waals surface area contributed by atoms with E-state index in [-0.39, 0.29) is 17.3 Å². The summed E-state index contributed by atoms with van der Waals surface area (Å²) in [5.74, 6) is -1.37. The summed E-state index contributed by atoms with van der Waals surface area (Å²) in [5.41, 5.74) is 1.01. The van der Waals surface area contributed by atoms with Crippen molar-refractivity contribution >= 4 is 33.3 Å². The van der Waals surface area contributed by atoms with Gasteiger partial charge in [-0.25, -0.2) is 8.78 Å². The van der Waals surface area contributed by atoms with Crippen molar-refractivity contribution in [2.24, 2.45) is 0 Å². The van der Waals surface area contributed by atoms with E-state index in [1.165, 1.54) is 31.2 Å². The van der Waals surface area contributed by atoms with Crippen LogP contribution in [0.25, 0.3) is 0 Å². The van der Waals surface area contributed by atoms with Crippen molar-refractivity contribution in [2.75, 3.05) is 31.1 Å². The molecule has 1 amide bonds. The van der Waals surface area contributed by atoms with Gasteiger partial charge in [0.25, 0.3) is 5.91 Å². The van der Waals surface area contributed by atoms with Gasteiger partial charge < -0.3 is 9.80 Å². The van der Waals surface area contributed by atoms with Gasteiger partial charge in [0.15, 0.2) is 5.78 Å². The number of ketones is 1. The first-order chi connectivity index (χ1) is 12.4. The first-order valence-electron chi connectivity index (χ1n) is 8.16. The Morgan fingerprint density at radius 3 is 2.31 bits per heavy atom. The second-order valence-corrected chi connectivity index (χ2v) is 6.98. The van der Waals surface area contributed by atoms with E-state index in [1.807, 2.05) is 4.90 Å². The molecule has 2 aromatic rings. The van der Waals surface area contributed by atoms with E-state index in [0.29, 0.717) is 41.9 Å². The Bertz CT molecular complexity index is 865. The number of halogens is 3. The predicted molar refractivity (Wildman–Crippen MR) is 98.6 cm³/mol. The van der Waals surface area contributed by atoms with Crippen LogP contribution in [0, 0.1) is 11.6 Å². The lowest BCUT2D eigenvalue weighted by molar-refractivity contribution is 0.0745. The maximum absolute atomic E-state index is 14.3. The quantitative estimate of drug-likeness (QED) is 0.704. The number of anilines is 1. The minimum Gasteiger partial charge on any atom is -0.366 e. The van der Waals surface area contributed by atoms with Gasteiger partial charge in [-0.05, 0) is 59.3 Å². The van der Waals surface area contributed by atoms with Crippen LogP contribution >= 0.6 is 15.9 Å². The molecule has 136 valence electrons. The summed E-state index contributed by atoms with van der Waals surface area (Å²) in [5, 5.41) is 0. The maximum atomic E-state index is 14.3. The number of carbonyl (C=O) groups is 2. The number of hydrogen-bond donors (Lipinski definition) is 0. The lowest BCUT2D eigenvalue weighted by atomic mass is 10.1. The fraction of sp³-hybridized carbons (Fsp3) is 0.263. The largest absolute Gasteiger partial charge is 0.366 e. The van der Waals surface area contributed by atoms with Gasteiger partial charge in [0, 0.05) is 36.2 Å². The highest BCUT2D eigenvalue weighted by Gasteiger charge is 2.25. The Kier molecular flexibility index (Phi) is 5.36. The van der Waals surface area contributed by atoms with Gasteiger partial charge in [0.05, 0.1) is 11.3 Å². The number of nitrogens with zero attached hydrogens (tertiary/aromatic N) is 2.